The summed E-state index contributed by atoms with van der Waals surface area (Å²) >= 11 is 0. The molecule has 1 aromatic carbocycles. The molecule has 0 radical (unpaired) electrons. The normalized spacial score (nSPS) is 20.0. The molecule has 0 saturated carbocycles. The lowest BCUT2D eigenvalue weighted by Gasteiger charge is -2.32. The van der Waals surface area contributed by atoms with Crippen molar-refractivity contribution < 1.29 is 31.5 Å². The van der Waals surface area contributed by atoms with E-state index in [2.05, 4.69) is 4.98 Å². The van der Waals surface area contributed by atoms with Crippen molar-refractivity contribution in [1.82, 2.24) is 4.98 Å². The van der Waals surface area contributed by atoms with Gasteiger partial charge in [0.2, 0.25) is 11.8 Å². The molecule has 4 rings (SSSR count). The number of pyridine rings is 1. The number of benzene rings is 1. The molecule has 1 fully saturated rings. The van der Waals surface area contributed by atoms with Crippen LogP contribution in [0.4, 0.5) is 20.2 Å². The number of anilines is 2. The van der Waals surface area contributed by atoms with Gasteiger partial charge in [0.1, 0.15) is 22.1 Å². The molecular weight excluding hydrogens is 502 g/mol. The molecule has 1 saturated heterocycles. The summed E-state index contributed by atoms with van der Waals surface area (Å²) in [5.41, 5.74) is -1.74. The van der Waals surface area contributed by atoms with E-state index in [0.29, 0.717) is 29.7 Å². The first-order valence-electron chi connectivity index (χ1n) is 12.2. The molecule has 0 N–H and O–H groups in total. The van der Waals surface area contributed by atoms with Crippen molar-refractivity contribution in [2.24, 2.45) is 5.41 Å². The van der Waals surface area contributed by atoms with Gasteiger partial charge in [0.15, 0.2) is 11.6 Å². The molecule has 7 nitrogen and oxygen atoms in total. The highest BCUT2D eigenvalue weighted by Gasteiger charge is 2.46. The number of sulfone groups is 1. The Morgan fingerprint density at radius 2 is 1.78 bits per heavy atom. The van der Waals surface area contributed by atoms with E-state index >= 15 is 0 Å². The SMILES string of the molecule is CC(C)(F)COc1cc(N2C(=O)C(C)(C)c3cc(C(=O)CC4(C)CCS(=O)(=O)CC4)ccc32)c(F)cn1. The van der Waals surface area contributed by atoms with Crippen LogP contribution in [0.3, 0.4) is 0 Å². The van der Waals surface area contributed by atoms with Gasteiger partial charge in [-0.25, -0.2) is 22.2 Å². The van der Waals surface area contributed by atoms with Crippen LogP contribution in [0.1, 0.15) is 69.8 Å². The first-order chi connectivity index (χ1) is 17.0. The second-order valence-corrected chi connectivity index (χ2v) is 13.8. The van der Waals surface area contributed by atoms with Crippen LogP contribution in [0, 0.1) is 11.2 Å². The molecule has 3 heterocycles. The van der Waals surface area contributed by atoms with Crippen LogP contribution in [0.5, 0.6) is 5.88 Å². The Hall–Kier alpha value is -2.88. The van der Waals surface area contributed by atoms with Crippen molar-refractivity contribution in [1.29, 1.82) is 0 Å². The van der Waals surface area contributed by atoms with E-state index in [0.717, 1.165) is 6.20 Å². The summed E-state index contributed by atoms with van der Waals surface area (Å²) < 4.78 is 57.8. The Bertz CT molecular complexity index is 1350. The molecule has 0 spiro atoms. The molecule has 0 unspecified atom stereocenters. The molecule has 2 aliphatic rings. The summed E-state index contributed by atoms with van der Waals surface area (Å²) in [6.45, 7) is 7.73. The molecule has 1 aromatic heterocycles. The Labute approximate surface area is 216 Å². The van der Waals surface area contributed by atoms with Gasteiger partial charge in [0, 0.05) is 18.1 Å². The predicted octanol–water partition coefficient (Wildman–Crippen LogP) is 5.09. The lowest BCUT2D eigenvalue weighted by Crippen LogP contribution is -2.33. The van der Waals surface area contributed by atoms with E-state index in [4.69, 9.17) is 4.74 Å². The van der Waals surface area contributed by atoms with Crippen LogP contribution in [0.25, 0.3) is 0 Å². The zero-order valence-electron chi connectivity index (χ0n) is 21.7. The molecule has 2 aliphatic heterocycles. The lowest BCUT2D eigenvalue weighted by molar-refractivity contribution is -0.121. The molecular formula is C27H32F2N2O5S. The predicted molar refractivity (Wildman–Crippen MR) is 136 cm³/mol. The zero-order valence-corrected chi connectivity index (χ0v) is 22.5. The van der Waals surface area contributed by atoms with Crippen molar-refractivity contribution in [3.8, 4) is 5.88 Å². The van der Waals surface area contributed by atoms with Crippen LogP contribution in [0.15, 0.2) is 30.5 Å². The Morgan fingerprint density at radius 1 is 1.14 bits per heavy atom. The van der Waals surface area contributed by atoms with Crippen molar-refractivity contribution in [3.05, 3.63) is 47.4 Å². The smallest absolute Gasteiger partial charge is 0.241 e. The maximum Gasteiger partial charge on any atom is 0.241 e. The number of alkyl halides is 1. The fourth-order valence-corrected chi connectivity index (χ4v) is 6.56. The monoisotopic (exact) mass is 534 g/mol. The lowest BCUT2D eigenvalue weighted by atomic mass is 9.78. The van der Waals surface area contributed by atoms with E-state index < -0.39 is 38.1 Å². The average Bonchev–Trinajstić information content (AvgIpc) is 3.00. The summed E-state index contributed by atoms with van der Waals surface area (Å²) in [6, 6.07) is 6.16. The van der Waals surface area contributed by atoms with Gasteiger partial charge < -0.3 is 4.74 Å². The minimum absolute atomic E-state index is 0.0179. The second kappa shape index (κ2) is 9.15. The van der Waals surface area contributed by atoms with Gasteiger partial charge in [-0.15, -0.1) is 0 Å². The number of carbonyl (C=O) groups is 2. The number of amides is 1. The van der Waals surface area contributed by atoms with Crippen LogP contribution >= 0.6 is 0 Å². The number of ether oxygens (including phenoxy) is 1. The van der Waals surface area contributed by atoms with E-state index in [9.17, 15) is 26.8 Å². The first kappa shape index (κ1) is 27.2. The number of Topliss-reactive ketones (excluding diaryl/α,β-unsaturated/α-hetero) is 1. The summed E-state index contributed by atoms with van der Waals surface area (Å²) in [5, 5.41) is 0. The zero-order chi connectivity index (χ0) is 27.4. The Kier molecular flexibility index (Phi) is 6.72. The Morgan fingerprint density at radius 3 is 2.41 bits per heavy atom. The largest absolute Gasteiger partial charge is 0.474 e. The van der Waals surface area contributed by atoms with Crippen LogP contribution in [-0.4, -0.2) is 48.9 Å². The summed E-state index contributed by atoms with van der Waals surface area (Å²) in [7, 11) is -3.05. The standard InChI is InChI=1S/C27H32F2N2O5S/c1-25(2,29)16-36-23-13-21(19(28)15-30-23)31-20-7-6-17(12-18(20)26(3,4)24(31)33)22(32)14-27(5)8-10-37(34,35)11-9-27/h6-7,12-13,15H,8-11,14,16H2,1-5H3. The highest BCUT2D eigenvalue weighted by atomic mass is 32.2. The first-order valence-corrected chi connectivity index (χ1v) is 14.0. The molecule has 0 bridgehead atoms. The quantitative estimate of drug-likeness (QED) is 0.460. The minimum Gasteiger partial charge on any atom is -0.474 e. The highest BCUT2D eigenvalue weighted by molar-refractivity contribution is 7.91. The number of ketones is 1. The maximum atomic E-state index is 14.9. The summed E-state index contributed by atoms with van der Waals surface area (Å²) in [6.07, 6.45) is 1.98. The van der Waals surface area contributed by atoms with Crippen molar-refractivity contribution in [3.63, 3.8) is 0 Å². The third-order valence-electron chi connectivity index (χ3n) is 7.21. The molecule has 37 heavy (non-hydrogen) atoms. The van der Waals surface area contributed by atoms with Gasteiger partial charge in [-0.1, -0.05) is 6.92 Å². The van der Waals surface area contributed by atoms with Gasteiger partial charge in [-0.05, 0) is 69.7 Å². The van der Waals surface area contributed by atoms with E-state index in [1.807, 2.05) is 6.92 Å². The molecule has 200 valence electrons. The van der Waals surface area contributed by atoms with Crippen molar-refractivity contribution in [2.45, 2.75) is 65.0 Å². The number of aromatic nitrogens is 1. The van der Waals surface area contributed by atoms with E-state index in [-0.39, 0.29) is 41.9 Å². The maximum absolute atomic E-state index is 14.9. The number of fused-ring (bicyclic) bond motifs is 1. The van der Waals surface area contributed by atoms with Gasteiger partial charge in [-0.2, -0.15) is 0 Å². The topological polar surface area (TPSA) is 93.6 Å². The summed E-state index contributed by atoms with van der Waals surface area (Å²) in [4.78, 5) is 31.8. The van der Waals surface area contributed by atoms with Crippen molar-refractivity contribution in [2.75, 3.05) is 23.0 Å². The fourth-order valence-electron chi connectivity index (χ4n) is 4.75. The Balaban J connectivity index is 1.64. The third-order valence-corrected chi connectivity index (χ3v) is 8.86. The van der Waals surface area contributed by atoms with Crippen LogP contribution < -0.4 is 9.64 Å². The van der Waals surface area contributed by atoms with Crippen LogP contribution in [0.2, 0.25) is 0 Å². The van der Waals surface area contributed by atoms with E-state index in [1.165, 1.54) is 24.8 Å². The van der Waals surface area contributed by atoms with Crippen molar-refractivity contribution >= 4 is 32.9 Å². The minimum atomic E-state index is -3.05. The van der Waals surface area contributed by atoms with Gasteiger partial charge in [0.05, 0.1) is 34.5 Å². The van der Waals surface area contributed by atoms with E-state index in [1.54, 1.807) is 32.0 Å². The third kappa shape index (κ3) is 5.54. The number of carbonyl (C=O) groups excluding carboxylic acids is 2. The fraction of sp³-hybridized carbons (Fsp3) is 0.519. The van der Waals surface area contributed by atoms with Gasteiger partial charge >= 0.3 is 0 Å². The molecule has 1 amide bonds. The average molecular weight is 535 g/mol. The highest BCUT2D eigenvalue weighted by Crippen LogP contribution is 2.47. The molecule has 10 heteroatoms. The molecule has 0 aliphatic carbocycles. The van der Waals surface area contributed by atoms with Gasteiger partial charge in [-0.3, -0.25) is 14.5 Å². The number of hydrogen-bond donors (Lipinski definition) is 0. The number of nitrogens with zero attached hydrogens (tertiary/aromatic N) is 2. The van der Waals surface area contributed by atoms with Crippen LogP contribution in [-0.2, 0) is 20.0 Å². The number of halogens is 2. The number of rotatable bonds is 7. The van der Waals surface area contributed by atoms with Gasteiger partial charge in [0.25, 0.3) is 0 Å². The molecule has 2 aromatic rings. The molecule has 0 atom stereocenters. The number of hydrogen-bond acceptors (Lipinski definition) is 6. The second-order valence-electron chi connectivity index (χ2n) is 11.5. The summed E-state index contributed by atoms with van der Waals surface area (Å²) in [5.74, 6) is -1.14.